The number of hydrogen-bond acceptors (Lipinski definition) is 7. The molecule has 230 valence electrons. The van der Waals surface area contributed by atoms with Crippen molar-refractivity contribution in [1.82, 2.24) is 14.8 Å². The number of hydrogen-bond donors (Lipinski definition) is 2. The summed E-state index contributed by atoms with van der Waals surface area (Å²) in [4.78, 5) is 59.6. The average Bonchev–Trinajstić information content (AvgIpc) is 3.35. The van der Waals surface area contributed by atoms with Gasteiger partial charge in [-0.15, -0.1) is 0 Å². The van der Waals surface area contributed by atoms with E-state index < -0.39 is 5.91 Å². The molecule has 2 N–H and O–H groups in total. The first-order chi connectivity index (χ1) is 20.6. The molecule has 11 nitrogen and oxygen atoms in total. The Morgan fingerprint density at radius 1 is 1.00 bits per heavy atom. The quantitative estimate of drug-likeness (QED) is 0.318. The van der Waals surface area contributed by atoms with Crippen LogP contribution in [0.25, 0.3) is 11.0 Å². The van der Waals surface area contributed by atoms with Gasteiger partial charge in [0.2, 0.25) is 23.5 Å². The number of anilines is 2. The Bertz CT molecular complexity index is 1460. The van der Waals surface area contributed by atoms with Crippen molar-refractivity contribution in [3.63, 3.8) is 0 Å². The smallest absolute Gasteiger partial charge is 0.294 e. The van der Waals surface area contributed by atoms with E-state index in [0.717, 1.165) is 5.56 Å². The first-order valence-electron chi connectivity index (χ1n) is 14.7. The van der Waals surface area contributed by atoms with Gasteiger partial charge in [0, 0.05) is 57.7 Å². The number of fused-ring (bicyclic) bond motifs is 1. The summed E-state index contributed by atoms with van der Waals surface area (Å²) in [6.45, 7) is 5.31. The Kier molecular flexibility index (Phi) is 10.5. The molecular weight excluding hydrogens is 550 g/mol. The Labute approximate surface area is 251 Å². The zero-order chi connectivity index (χ0) is 31.1. The number of carbonyl (C=O) groups is 4. The molecular formula is C32H41N5O6. The van der Waals surface area contributed by atoms with Crippen molar-refractivity contribution in [2.45, 2.75) is 46.0 Å². The van der Waals surface area contributed by atoms with E-state index in [1.54, 1.807) is 61.4 Å². The number of benzene rings is 1. The maximum Gasteiger partial charge on any atom is 0.294 e. The largest absolute Gasteiger partial charge is 0.449 e. The topological polar surface area (TPSA) is 134 Å². The number of furan rings is 1. The van der Waals surface area contributed by atoms with Crippen LogP contribution in [0.1, 0.15) is 54.3 Å². The molecule has 4 rings (SSSR count). The highest BCUT2D eigenvalue weighted by molar-refractivity contribution is 6.14. The van der Waals surface area contributed by atoms with Gasteiger partial charge in [-0.05, 0) is 68.9 Å². The van der Waals surface area contributed by atoms with Crippen LogP contribution < -0.4 is 10.6 Å². The van der Waals surface area contributed by atoms with Gasteiger partial charge >= 0.3 is 0 Å². The third-order valence-corrected chi connectivity index (χ3v) is 7.80. The van der Waals surface area contributed by atoms with Crippen LogP contribution in [0.3, 0.4) is 0 Å². The summed E-state index contributed by atoms with van der Waals surface area (Å²) in [7, 11) is 5.21. The fourth-order valence-corrected chi connectivity index (χ4v) is 5.23. The lowest BCUT2D eigenvalue weighted by atomic mass is 9.81. The Morgan fingerprint density at radius 3 is 2.37 bits per heavy atom. The normalized spacial score (nSPS) is 16.5. The maximum atomic E-state index is 13.5. The Morgan fingerprint density at radius 2 is 1.72 bits per heavy atom. The summed E-state index contributed by atoms with van der Waals surface area (Å²) >= 11 is 0. The second kappa shape index (κ2) is 14.3. The van der Waals surface area contributed by atoms with E-state index in [1.807, 2.05) is 19.9 Å². The maximum absolute atomic E-state index is 13.5. The Hall–Kier alpha value is -4.25. The highest BCUT2D eigenvalue weighted by Gasteiger charge is 2.32. The molecule has 0 aliphatic heterocycles. The zero-order valence-electron chi connectivity index (χ0n) is 25.6. The van der Waals surface area contributed by atoms with Gasteiger partial charge in [-0.25, -0.2) is 4.98 Å². The number of aromatic nitrogens is 1. The van der Waals surface area contributed by atoms with E-state index in [-0.39, 0.29) is 47.4 Å². The van der Waals surface area contributed by atoms with E-state index in [1.165, 1.54) is 0 Å². The highest BCUT2D eigenvalue weighted by atomic mass is 16.5. The first-order valence-corrected chi connectivity index (χ1v) is 14.7. The molecule has 0 radical (unpaired) electrons. The number of ether oxygens (including phenoxy) is 1. The lowest BCUT2D eigenvalue weighted by Gasteiger charge is -2.28. The number of aryl methyl sites for hydroxylation is 1. The second-order valence-electron chi connectivity index (χ2n) is 11.3. The van der Waals surface area contributed by atoms with Crippen molar-refractivity contribution in [2.75, 3.05) is 51.5 Å². The van der Waals surface area contributed by atoms with Gasteiger partial charge in [0.25, 0.3) is 5.91 Å². The highest BCUT2D eigenvalue weighted by Crippen LogP contribution is 2.35. The van der Waals surface area contributed by atoms with E-state index >= 15 is 0 Å². The van der Waals surface area contributed by atoms with Crippen LogP contribution in [0, 0.1) is 18.8 Å². The number of nitrogens with one attached hydrogen (secondary N) is 2. The molecule has 11 heteroatoms. The summed E-state index contributed by atoms with van der Waals surface area (Å²) in [6.07, 6.45) is 4.15. The molecule has 43 heavy (non-hydrogen) atoms. The SMILES string of the molecule is CCOCCN(C)C(=O)Cc1ccc2oc(C(=O)Nc3ccc(C)cn3)c(NC(=O)[C@H]3CC[C@H](C(=O)N(C)C)CC3)c2c1. The summed E-state index contributed by atoms with van der Waals surface area (Å²) < 4.78 is 11.3. The summed E-state index contributed by atoms with van der Waals surface area (Å²) in [5.41, 5.74) is 2.31. The van der Waals surface area contributed by atoms with Crippen LogP contribution in [0.15, 0.2) is 40.9 Å². The average molecular weight is 592 g/mol. The molecule has 3 aromatic rings. The third-order valence-electron chi connectivity index (χ3n) is 7.80. The van der Waals surface area contributed by atoms with Crippen LogP contribution in [0.2, 0.25) is 0 Å². The predicted molar refractivity (Wildman–Crippen MR) is 164 cm³/mol. The number of rotatable bonds is 11. The van der Waals surface area contributed by atoms with Gasteiger partial charge in [0.15, 0.2) is 0 Å². The van der Waals surface area contributed by atoms with Crippen LogP contribution >= 0.6 is 0 Å². The number of pyridine rings is 1. The third kappa shape index (κ3) is 7.98. The molecule has 1 fully saturated rings. The number of carbonyl (C=O) groups excluding carboxylic acids is 4. The molecule has 0 saturated heterocycles. The minimum atomic E-state index is -0.559. The van der Waals surface area contributed by atoms with Crippen molar-refractivity contribution in [3.8, 4) is 0 Å². The van der Waals surface area contributed by atoms with E-state index in [0.29, 0.717) is 67.8 Å². The molecule has 0 bridgehead atoms. The van der Waals surface area contributed by atoms with Crippen molar-refractivity contribution < 1.29 is 28.3 Å². The van der Waals surface area contributed by atoms with E-state index in [9.17, 15) is 19.2 Å². The molecule has 1 aliphatic rings. The van der Waals surface area contributed by atoms with Crippen molar-refractivity contribution in [2.24, 2.45) is 11.8 Å². The van der Waals surface area contributed by atoms with Gasteiger partial charge in [-0.2, -0.15) is 0 Å². The van der Waals surface area contributed by atoms with Crippen molar-refractivity contribution in [1.29, 1.82) is 0 Å². The Balaban J connectivity index is 1.58. The second-order valence-corrected chi connectivity index (χ2v) is 11.3. The fraction of sp³-hybridized carbons (Fsp3) is 0.469. The van der Waals surface area contributed by atoms with Gasteiger partial charge in [-0.3, -0.25) is 19.2 Å². The van der Waals surface area contributed by atoms with Crippen LogP contribution in [0.5, 0.6) is 0 Å². The summed E-state index contributed by atoms with van der Waals surface area (Å²) in [6, 6.07) is 8.77. The molecule has 1 aromatic carbocycles. The molecule has 2 heterocycles. The standard InChI is InChI=1S/C32H41N5O6/c1-6-42-16-15-37(5)27(38)18-21-8-13-25-24(17-21)28(29(43-25)31(40)34-26-14-7-20(2)19-33-26)35-30(39)22-9-11-23(12-10-22)32(41)36(3)4/h7-8,13-14,17,19,22-23H,6,9-12,15-16,18H2,1-5H3,(H,35,39)(H,33,34,40)/t22-,23-. The van der Waals surface area contributed by atoms with Crippen molar-refractivity contribution >= 4 is 46.1 Å². The van der Waals surface area contributed by atoms with E-state index in [4.69, 9.17) is 9.15 Å². The lowest BCUT2D eigenvalue weighted by molar-refractivity contribution is -0.135. The minimum absolute atomic E-state index is 0.0560. The summed E-state index contributed by atoms with van der Waals surface area (Å²) in [5.74, 6) is -0.916. The molecule has 1 saturated carbocycles. The lowest BCUT2D eigenvalue weighted by Crippen LogP contribution is -2.35. The van der Waals surface area contributed by atoms with Gasteiger partial charge < -0.3 is 29.6 Å². The van der Waals surface area contributed by atoms with Crippen molar-refractivity contribution in [3.05, 3.63) is 53.4 Å². The number of nitrogens with zero attached hydrogens (tertiary/aromatic N) is 3. The number of likely N-dealkylation sites (N-methyl/N-ethyl adjacent to an activating group) is 1. The monoisotopic (exact) mass is 591 g/mol. The van der Waals surface area contributed by atoms with Crippen LogP contribution in [-0.2, 0) is 25.5 Å². The van der Waals surface area contributed by atoms with Crippen LogP contribution in [0.4, 0.5) is 11.5 Å². The molecule has 2 aromatic heterocycles. The van der Waals surface area contributed by atoms with Gasteiger partial charge in [-0.1, -0.05) is 12.1 Å². The summed E-state index contributed by atoms with van der Waals surface area (Å²) in [5, 5.41) is 6.23. The van der Waals surface area contributed by atoms with Crippen LogP contribution in [-0.4, -0.2) is 79.3 Å². The molecule has 0 atom stereocenters. The van der Waals surface area contributed by atoms with E-state index in [2.05, 4.69) is 15.6 Å². The molecule has 4 amide bonds. The molecule has 0 unspecified atom stereocenters. The predicted octanol–water partition coefficient (Wildman–Crippen LogP) is 4.26. The molecule has 1 aliphatic carbocycles. The first kappa shape index (κ1) is 31.7. The van der Waals surface area contributed by atoms with Gasteiger partial charge in [0.05, 0.1) is 13.0 Å². The zero-order valence-corrected chi connectivity index (χ0v) is 25.6. The minimum Gasteiger partial charge on any atom is -0.449 e. The fourth-order valence-electron chi connectivity index (χ4n) is 5.23. The number of amides is 4. The van der Waals surface area contributed by atoms with Gasteiger partial charge in [0.1, 0.15) is 17.1 Å². The molecule has 0 spiro atoms.